The number of aromatic nitrogens is 5. The molecular formula is C121H75N11Si. The van der Waals surface area contributed by atoms with Gasteiger partial charge in [-0.3, -0.25) is 0 Å². The third-order valence-corrected chi connectivity index (χ3v) is 31.2. The monoisotopic (exact) mass is 1710 g/mol. The van der Waals surface area contributed by atoms with Crippen molar-refractivity contribution >= 4 is 155 Å². The van der Waals surface area contributed by atoms with Gasteiger partial charge in [-0.25, -0.2) is 14.5 Å². The number of benzene rings is 19. The highest BCUT2D eigenvalue weighted by Crippen LogP contribution is 2.49. The fraction of sp³-hybridized carbons (Fsp3) is 0.00826. The molecule has 12 heteroatoms. The van der Waals surface area contributed by atoms with Gasteiger partial charge in [0, 0.05) is 116 Å². The first-order valence-electron chi connectivity index (χ1n) is 43.7. The van der Waals surface area contributed by atoms with Crippen LogP contribution in [0, 0.1) is 53.7 Å². The molecule has 24 aromatic rings. The number of para-hydroxylation sites is 7. The van der Waals surface area contributed by atoms with E-state index in [9.17, 15) is 15.8 Å². The van der Waals surface area contributed by atoms with Crippen LogP contribution in [-0.4, -0.2) is 30.9 Å². The fourth-order valence-electron chi connectivity index (χ4n) is 21.0. The van der Waals surface area contributed by atoms with E-state index in [-0.39, 0.29) is 7.43 Å². The van der Waals surface area contributed by atoms with E-state index in [0.717, 1.165) is 111 Å². The summed E-state index contributed by atoms with van der Waals surface area (Å²) in [6, 6.07) is 156. The van der Waals surface area contributed by atoms with Crippen LogP contribution in [0.25, 0.3) is 197 Å². The molecule has 0 bridgehead atoms. The Kier molecular flexibility index (Phi) is 19.9. The smallest absolute Gasteiger partial charge is 0.196 e. The summed E-state index contributed by atoms with van der Waals surface area (Å²) < 4.78 is 11.6. The van der Waals surface area contributed by atoms with Gasteiger partial charge in [0.2, 0.25) is 0 Å². The van der Waals surface area contributed by atoms with Gasteiger partial charge in [-0.05, 0) is 182 Å². The minimum Gasteiger partial charge on any atom is -0.309 e. The molecule has 1 aliphatic rings. The first-order chi connectivity index (χ1) is 65.3. The fourth-order valence-corrected chi connectivity index (χ4v) is 26.2. The summed E-state index contributed by atoms with van der Waals surface area (Å²) in [7, 11) is -2.68. The Morgan fingerprint density at radius 1 is 0.211 bits per heavy atom. The summed E-state index contributed by atoms with van der Waals surface area (Å²) in [5, 5.41) is 46.9. The van der Waals surface area contributed by atoms with Gasteiger partial charge < -0.3 is 22.8 Å². The summed E-state index contributed by atoms with van der Waals surface area (Å²) in [5.74, 6) is 0. The van der Waals surface area contributed by atoms with Crippen LogP contribution in [0.15, 0.2) is 431 Å². The maximum Gasteiger partial charge on any atom is 0.196 e. The van der Waals surface area contributed by atoms with Crippen molar-refractivity contribution in [2.24, 2.45) is 0 Å². The number of rotatable bonds is 10. The van der Waals surface area contributed by atoms with E-state index < -0.39 is 8.07 Å². The van der Waals surface area contributed by atoms with Gasteiger partial charge >= 0.3 is 0 Å². The largest absolute Gasteiger partial charge is 0.309 e. The van der Waals surface area contributed by atoms with Crippen LogP contribution in [0.3, 0.4) is 0 Å². The Morgan fingerprint density at radius 3 is 0.827 bits per heavy atom. The van der Waals surface area contributed by atoms with Gasteiger partial charge in [-0.15, -0.1) is 0 Å². The Morgan fingerprint density at radius 2 is 0.466 bits per heavy atom. The quantitative estimate of drug-likeness (QED) is 0.100. The summed E-state index contributed by atoms with van der Waals surface area (Å²) >= 11 is 0. The molecule has 0 spiro atoms. The number of hydrogen-bond acceptors (Lipinski definition) is 3. The molecule has 0 radical (unpaired) electrons. The zero-order valence-corrected chi connectivity index (χ0v) is 71.9. The van der Waals surface area contributed by atoms with Gasteiger partial charge in [-0.2, -0.15) is 15.8 Å². The topological polar surface area (TPSA) is 109 Å². The van der Waals surface area contributed by atoms with Crippen molar-refractivity contribution in [1.29, 1.82) is 15.8 Å². The molecule has 11 nitrogen and oxygen atoms in total. The first-order valence-corrected chi connectivity index (χ1v) is 45.7. The molecule has 0 saturated carbocycles. The molecule has 0 unspecified atom stereocenters. The third-order valence-electron chi connectivity index (χ3n) is 26.3. The number of hydrogen-bond donors (Lipinski definition) is 0. The second-order valence-corrected chi connectivity index (χ2v) is 36.7. The zero-order chi connectivity index (χ0) is 88.7. The summed E-state index contributed by atoms with van der Waals surface area (Å²) in [4.78, 5) is 11.4. The Balaban J connectivity index is 0.000000116. The maximum absolute atomic E-state index is 10.1. The van der Waals surface area contributed by atoms with Crippen molar-refractivity contribution in [3.63, 3.8) is 0 Å². The molecule has 1 aliphatic heterocycles. The molecule has 6 heterocycles. The minimum absolute atomic E-state index is 0. The highest BCUT2D eigenvalue weighted by atomic mass is 28.3. The Labute approximate surface area is 768 Å². The van der Waals surface area contributed by atoms with Gasteiger partial charge in [0.1, 0.15) is 0 Å². The Bertz CT molecular complexity index is 8950. The van der Waals surface area contributed by atoms with E-state index in [4.69, 9.17) is 19.7 Å². The van der Waals surface area contributed by atoms with Crippen LogP contribution in [-0.2, 0) is 0 Å². The van der Waals surface area contributed by atoms with Crippen LogP contribution in [0.1, 0.15) is 24.1 Å². The Hall–Kier alpha value is -18.7. The van der Waals surface area contributed by atoms with Crippen molar-refractivity contribution in [2.75, 3.05) is 0 Å². The predicted molar refractivity (Wildman–Crippen MR) is 550 cm³/mol. The molecule has 25 rings (SSSR count). The molecule has 0 amide bonds. The van der Waals surface area contributed by atoms with Gasteiger partial charge in [0.25, 0.3) is 0 Å². The first kappa shape index (κ1) is 80.2. The van der Waals surface area contributed by atoms with E-state index in [1.807, 2.05) is 48.5 Å². The SMILES string of the molecule is C.[C-]#[N+]c1cccc(C#N)c1-c1cccc2c1c1ccccc1n2-c1ccc(-n2c3ccccc3c3ccccc32)cc1.[C-]#[N+]c1cccc(C#N)c1-c1cccc2c1c1ccccc1n2-c1ccc2c(c1)[Si](c1ccccc1)(c1ccccc1)c1ccccc1-2.[C-]#[N+]c1cccc(C#N)c1-c1cccc2c1c1ccccc1n2-c1cccc(-n2c3ccccc3c3ccccc32)c1. The van der Waals surface area contributed by atoms with E-state index in [2.05, 4.69) is 383 Å². The minimum atomic E-state index is -2.68. The van der Waals surface area contributed by atoms with Crippen molar-refractivity contribution in [2.45, 2.75) is 7.43 Å². The van der Waals surface area contributed by atoms with Crippen molar-refractivity contribution in [3.05, 3.63) is 482 Å². The van der Waals surface area contributed by atoms with E-state index in [0.29, 0.717) is 50.4 Å². The van der Waals surface area contributed by atoms with Gasteiger partial charge in [0.05, 0.1) is 93.1 Å². The summed E-state index contributed by atoms with van der Waals surface area (Å²) in [5.41, 5.74) is 26.7. The summed E-state index contributed by atoms with van der Waals surface area (Å²) in [6.07, 6.45) is 0. The maximum atomic E-state index is 10.1. The van der Waals surface area contributed by atoms with Crippen LogP contribution in [0.2, 0.25) is 0 Å². The molecule has 0 aliphatic carbocycles. The lowest BCUT2D eigenvalue weighted by Crippen LogP contribution is -2.72. The predicted octanol–water partition coefficient (Wildman–Crippen LogP) is 28.8. The lowest BCUT2D eigenvalue weighted by molar-refractivity contribution is 1.13. The van der Waals surface area contributed by atoms with Crippen LogP contribution >= 0.6 is 0 Å². The van der Waals surface area contributed by atoms with E-state index in [1.165, 1.54) is 75.5 Å². The van der Waals surface area contributed by atoms with Crippen molar-refractivity contribution < 1.29 is 0 Å². The molecule has 618 valence electrons. The van der Waals surface area contributed by atoms with Crippen molar-refractivity contribution in [3.8, 4) is 91.2 Å². The number of nitriles is 3. The highest BCUT2D eigenvalue weighted by molar-refractivity contribution is 7.22. The highest BCUT2D eigenvalue weighted by Gasteiger charge is 2.49. The standard InChI is InChI=1S/C44H27N3Si.2C38H22N4.CH4/c1-46-38-22-12-14-30(29-45)43(38)37-21-13-24-40-44(37)36-20-8-10-23-39(36)47(40)31-26-27-35-34-19-9-11-25-41(34)48(42(35)28-31,32-15-4-2-5-16-32)33-17-6-3-7-18-33;1-40-32-18-8-11-25(24-39)37(32)31-17-10-22-36-38(31)30-16-4-7-21-35(30)42(36)27-13-9-12-26(23-27)41-33-19-5-2-14-28(33)29-15-3-6-20-34(29)41;1-40-32-15-8-10-25(24-39)37(32)31-14-9-19-36-38(31)30-13-4-7-18-35(30)42(36)27-22-20-26(21-23-27)41-33-16-5-2-11-28(33)29-12-3-6-17-34(29)41;/h2-28H;2*2-23H;1H4. The lowest BCUT2D eigenvalue weighted by atomic mass is 9.94. The van der Waals surface area contributed by atoms with Gasteiger partial charge in [-0.1, -0.05) is 305 Å². The molecular weight excluding hydrogens is 1640 g/mol. The van der Waals surface area contributed by atoms with E-state index >= 15 is 0 Å². The molecule has 133 heavy (non-hydrogen) atoms. The molecule has 0 fully saturated rings. The molecule has 5 aromatic heterocycles. The summed E-state index contributed by atoms with van der Waals surface area (Å²) in [6.45, 7) is 23.6. The number of nitrogens with zero attached hydrogens (tertiary/aromatic N) is 11. The van der Waals surface area contributed by atoms with Gasteiger partial charge in [0.15, 0.2) is 25.1 Å². The molecule has 0 saturated heterocycles. The molecule has 19 aromatic carbocycles. The average molecular weight is 1710 g/mol. The van der Waals surface area contributed by atoms with Crippen molar-refractivity contribution in [1.82, 2.24) is 22.8 Å². The second kappa shape index (κ2) is 33.0. The average Bonchev–Trinajstić information content (AvgIpc) is 1.54. The molecule has 0 atom stereocenters. The number of fused-ring (bicyclic) bond motifs is 18. The second-order valence-electron chi connectivity index (χ2n) is 33.0. The normalized spacial score (nSPS) is 11.7. The third kappa shape index (κ3) is 12.6. The van der Waals surface area contributed by atoms with Crippen LogP contribution in [0.5, 0.6) is 0 Å². The molecule has 0 N–H and O–H groups in total. The van der Waals surface area contributed by atoms with Crippen LogP contribution < -0.4 is 20.7 Å². The zero-order valence-electron chi connectivity index (χ0n) is 70.9. The van der Waals surface area contributed by atoms with Crippen LogP contribution in [0.4, 0.5) is 17.1 Å². The van der Waals surface area contributed by atoms with E-state index in [1.54, 1.807) is 54.6 Å². The lowest BCUT2D eigenvalue weighted by Gasteiger charge is -2.31.